The molecule has 1 aromatic heterocycles. The first-order valence-corrected chi connectivity index (χ1v) is 10.3. The fourth-order valence-electron chi connectivity index (χ4n) is 4.65. The molecule has 2 aromatic rings. The molecule has 27 heavy (non-hydrogen) atoms. The predicted molar refractivity (Wildman–Crippen MR) is 108 cm³/mol. The molecule has 0 radical (unpaired) electrons. The standard InChI is InChI=1S/C22H31N3O2/c1-27-22-18(14-17-8-4-5-9-19(17)23-22)15-24-13-10-20(21(26)16-24)25-11-6-2-3-7-12-25/h4-5,8-9,14,20-21,26H,2-3,6-7,10-13,15-16H2,1H3/t20-,21-/m1/s1. The van der Waals surface area contributed by atoms with Crippen LogP contribution in [0.2, 0.25) is 0 Å². The minimum atomic E-state index is -0.281. The maximum absolute atomic E-state index is 10.8. The Morgan fingerprint density at radius 3 is 2.63 bits per heavy atom. The second-order valence-electron chi connectivity index (χ2n) is 7.96. The van der Waals surface area contributed by atoms with Gasteiger partial charge in [0, 0.05) is 36.6 Å². The number of methoxy groups -OCH3 is 1. The van der Waals surface area contributed by atoms with Crippen molar-refractivity contribution in [3.8, 4) is 5.88 Å². The van der Waals surface area contributed by atoms with Gasteiger partial charge in [-0.05, 0) is 44.5 Å². The number of fused-ring (bicyclic) bond motifs is 1. The minimum Gasteiger partial charge on any atom is -0.481 e. The molecule has 1 N–H and O–H groups in total. The van der Waals surface area contributed by atoms with Gasteiger partial charge in [-0.3, -0.25) is 9.80 Å². The van der Waals surface area contributed by atoms with E-state index in [4.69, 9.17) is 4.74 Å². The third-order valence-electron chi connectivity index (χ3n) is 6.09. The van der Waals surface area contributed by atoms with Crippen molar-refractivity contribution >= 4 is 10.9 Å². The van der Waals surface area contributed by atoms with E-state index in [1.165, 1.54) is 25.7 Å². The molecule has 5 heteroatoms. The van der Waals surface area contributed by atoms with E-state index in [1.54, 1.807) is 7.11 Å². The van der Waals surface area contributed by atoms with Crippen molar-refractivity contribution in [1.29, 1.82) is 0 Å². The van der Waals surface area contributed by atoms with Crippen molar-refractivity contribution in [3.05, 3.63) is 35.9 Å². The molecule has 0 aliphatic carbocycles. The van der Waals surface area contributed by atoms with Crippen LogP contribution in [0.1, 0.15) is 37.7 Å². The molecule has 0 spiro atoms. The molecule has 4 rings (SSSR count). The van der Waals surface area contributed by atoms with Gasteiger partial charge >= 0.3 is 0 Å². The number of nitrogens with zero attached hydrogens (tertiary/aromatic N) is 3. The lowest BCUT2D eigenvalue weighted by Crippen LogP contribution is -2.54. The quantitative estimate of drug-likeness (QED) is 0.898. The summed E-state index contributed by atoms with van der Waals surface area (Å²) in [6, 6.07) is 10.6. The summed E-state index contributed by atoms with van der Waals surface area (Å²) in [6.45, 7) is 4.78. The van der Waals surface area contributed by atoms with Crippen molar-refractivity contribution in [1.82, 2.24) is 14.8 Å². The molecule has 2 atom stereocenters. The van der Waals surface area contributed by atoms with E-state index in [0.29, 0.717) is 11.9 Å². The highest BCUT2D eigenvalue weighted by atomic mass is 16.5. The highest BCUT2D eigenvalue weighted by Gasteiger charge is 2.32. The largest absolute Gasteiger partial charge is 0.481 e. The Kier molecular flexibility index (Phi) is 5.91. The molecular weight excluding hydrogens is 338 g/mol. The first kappa shape index (κ1) is 18.7. The van der Waals surface area contributed by atoms with Crippen LogP contribution in [0.4, 0.5) is 0 Å². The van der Waals surface area contributed by atoms with Gasteiger partial charge in [0.2, 0.25) is 5.88 Å². The maximum atomic E-state index is 10.8. The Morgan fingerprint density at radius 2 is 1.89 bits per heavy atom. The molecule has 5 nitrogen and oxygen atoms in total. The van der Waals surface area contributed by atoms with Crippen LogP contribution < -0.4 is 4.74 Å². The second kappa shape index (κ2) is 8.55. The molecule has 3 heterocycles. The van der Waals surface area contributed by atoms with Crippen LogP contribution in [-0.4, -0.2) is 65.3 Å². The summed E-state index contributed by atoms with van der Waals surface area (Å²) in [4.78, 5) is 9.53. The smallest absolute Gasteiger partial charge is 0.218 e. The highest BCUT2D eigenvalue weighted by molar-refractivity contribution is 5.80. The predicted octanol–water partition coefficient (Wildman–Crippen LogP) is 3.05. The number of hydrogen-bond acceptors (Lipinski definition) is 5. The number of rotatable bonds is 4. The Bertz CT molecular complexity index is 758. The van der Waals surface area contributed by atoms with E-state index in [0.717, 1.165) is 55.6 Å². The molecule has 2 aliphatic rings. The minimum absolute atomic E-state index is 0.281. The van der Waals surface area contributed by atoms with Gasteiger partial charge in [-0.25, -0.2) is 4.98 Å². The average Bonchev–Trinajstić information content (AvgIpc) is 2.97. The fraction of sp³-hybridized carbons (Fsp3) is 0.591. The van der Waals surface area contributed by atoms with Crippen molar-refractivity contribution in [3.63, 3.8) is 0 Å². The Hall–Kier alpha value is -1.69. The van der Waals surface area contributed by atoms with Crippen molar-refractivity contribution < 1.29 is 9.84 Å². The number of benzene rings is 1. The number of β-amino-alcohol motifs (C(OH)–C–C–N with tert-alkyl or cyclic N) is 1. The summed E-state index contributed by atoms with van der Waals surface area (Å²) in [5.41, 5.74) is 2.05. The SMILES string of the molecule is COc1nc2ccccc2cc1CN1CC[C@@H](N2CCCCCC2)[C@H](O)C1. The number of pyridine rings is 1. The van der Waals surface area contributed by atoms with E-state index in [-0.39, 0.29) is 6.10 Å². The molecule has 0 amide bonds. The molecule has 2 saturated heterocycles. The van der Waals surface area contributed by atoms with E-state index >= 15 is 0 Å². The molecule has 0 unspecified atom stereocenters. The first-order chi connectivity index (χ1) is 13.2. The summed E-state index contributed by atoms with van der Waals surface area (Å²) in [6.07, 6.45) is 5.96. The van der Waals surface area contributed by atoms with Crippen LogP contribution >= 0.6 is 0 Å². The number of piperidine rings is 1. The number of para-hydroxylation sites is 1. The van der Waals surface area contributed by atoms with Crippen molar-refractivity contribution in [2.24, 2.45) is 0 Å². The van der Waals surface area contributed by atoms with Crippen LogP contribution in [0.25, 0.3) is 10.9 Å². The van der Waals surface area contributed by atoms with E-state index in [9.17, 15) is 5.11 Å². The van der Waals surface area contributed by atoms with Gasteiger partial charge in [-0.1, -0.05) is 31.0 Å². The maximum Gasteiger partial charge on any atom is 0.218 e. The zero-order chi connectivity index (χ0) is 18.6. The number of hydrogen-bond donors (Lipinski definition) is 1. The third kappa shape index (κ3) is 4.26. The van der Waals surface area contributed by atoms with Gasteiger partial charge < -0.3 is 9.84 Å². The Balaban J connectivity index is 1.44. The van der Waals surface area contributed by atoms with Crippen LogP contribution in [0.5, 0.6) is 5.88 Å². The highest BCUT2D eigenvalue weighted by Crippen LogP contribution is 2.26. The van der Waals surface area contributed by atoms with Crippen molar-refractivity contribution in [2.45, 2.75) is 50.8 Å². The summed E-state index contributed by atoms with van der Waals surface area (Å²) in [5.74, 6) is 0.692. The average molecular weight is 370 g/mol. The fourth-order valence-corrected chi connectivity index (χ4v) is 4.65. The number of aromatic nitrogens is 1. The van der Waals surface area contributed by atoms with Gasteiger partial charge in [0.1, 0.15) is 0 Å². The lowest BCUT2D eigenvalue weighted by molar-refractivity contribution is -0.0146. The summed E-state index contributed by atoms with van der Waals surface area (Å²) < 4.78 is 5.54. The van der Waals surface area contributed by atoms with Gasteiger partial charge in [0.05, 0.1) is 18.7 Å². The lowest BCUT2D eigenvalue weighted by Gasteiger charge is -2.41. The van der Waals surface area contributed by atoms with E-state index in [2.05, 4.69) is 26.9 Å². The molecule has 0 saturated carbocycles. The van der Waals surface area contributed by atoms with Gasteiger partial charge in [0.15, 0.2) is 0 Å². The van der Waals surface area contributed by atoms with E-state index in [1.807, 2.05) is 18.2 Å². The number of aliphatic hydroxyl groups excluding tert-OH is 1. The monoisotopic (exact) mass is 369 g/mol. The third-order valence-corrected chi connectivity index (χ3v) is 6.09. The normalized spacial score (nSPS) is 25.4. The number of aliphatic hydroxyl groups is 1. The number of ether oxygens (including phenoxy) is 1. The van der Waals surface area contributed by atoms with Crippen LogP contribution in [0.15, 0.2) is 30.3 Å². The Morgan fingerprint density at radius 1 is 1.11 bits per heavy atom. The second-order valence-corrected chi connectivity index (χ2v) is 7.96. The molecule has 2 fully saturated rings. The summed E-state index contributed by atoms with van der Waals surface area (Å²) in [5, 5.41) is 12.0. The van der Waals surface area contributed by atoms with E-state index < -0.39 is 0 Å². The van der Waals surface area contributed by atoms with Gasteiger partial charge in [-0.2, -0.15) is 0 Å². The molecule has 146 valence electrons. The van der Waals surface area contributed by atoms with Crippen LogP contribution in [0.3, 0.4) is 0 Å². The zero-order valence-corrected chi connectivity index (χ0v) is 16.3. The molecule has 1 aromatic carbocycles. The molecular formula is C22H31N3O2. The van der Waals surface area contributed by atoms with Crippen LogP contribution in [0, 0.1) is 0 Å². The van der Waals surface area contributed by atoms with Crippen LogP contribution in [-0.2, 0) is 6.54 Å². The first-order valence-electron chi connectivity index (χ1n) is 10.3. The van der Waals surface area contributed by atoms with Gasteiger partial charge in [0.25, 0.3) is 0 Å². The van der Waals surface area contributed by atoms with Crippen molar-refractivity contribution in [2.75, 3.05) is 33.3 Å². The topological polar surface area (TPSA) is 48.8 Å². The molecule has 0 bridgehead atoms. The lowest BCUT2D eigenvalue weighted by atomic mass is 9.99. The summed E-state index contributed by atoms with van der Waals surface area (Å²) >= 11 is 0. The number of likely N-dealkylation sites (tertiary alicyclic amines) is 2. The Labute approximate surface area is 161 Å². The zero-order valence-electron chi connectivity index (χ0n) is 16.3. The van der Waals surface area contributed by atoms with Gasteiger partial charge in [-0.15, -0.1) is 0 Å². The summed E-state index contributed by atoms with van der Waals surface area (Å²) in [7, 11) is 1.68. The molecule has 2 aliphatic heterocycles.